The van der Waals surface area contributed by atoms with Gasteiger partial charge in [-0.25, -0.2) is 0 Å². The highest BCUT2D eigenvalue weighted by molar-refractivity contribution is 5.83. The SMILES string of the molecule is CNc1ccc(/C=N/N=C/c2ccc(NC)cc2)cc1. The molecule has 102 valence electrons. The zero-order valence-electron chi connectivity index (χ0n) is 11.7. The van der Waals surface area contributed by atoms with Gasteiger partial charge >= 0.3 is 0 Å². The highest BCUT2D eigenvalue weighted by Crippen LogP contribution is 2.07. The molecule has 4 heteroatoms. The summed E-state index contributed by atoms with van der Waals surface area (Å²) in [7, 11) is 3.79. The van der Waals surface area contributed by atoms with Crippen LogP contribution in [-0.4, -0.2) is 26.5 Å². The Morgan fingerprint density at radius 3 is 1.30 bits per heavy atom. The maximum atomic E-state index is 4.04. The Hall–Kier alpha value is -2.62. The Morgan fingerprint density at radius 1 is 0.650 bits per heavy atom. The summed E-state index contributed by atoms with van der Waals surface area (Å²) in [4.78, 5) is 0. The highest BCUT2D eigenvalue weighted by atomic mass is 15.2. The van der Waals surface area contributed by atoms with Crippen LogP contribution >= 0.6 is 0 Å². The molecule has 2 aromatic rings. The van der Waals surface area contributed by atoms with Gasteiger partial charge in [0.05, 0.1) is 12.4 Å². The van der Waals surface area contributed by atoms with Gasteiger partial charge in [-0.3, -0.25) is 0 Å². The second-order valence-corrected chi connectivity index (χ2v) is 4.23. The van der Waals surface area contributed by atoms with Crippen LogP contribution < -0.4 is 10.6 Å². The summed E-state index contributed by atoms with van der Waals surface area (Å²) in [6.07, 6.45) is 3.47. The smallest absolute Gasteiger partial charge is 0.0568 e. The predicted molar refractivity (Wildman–Crippen MR) is 87.2 cm³/mol. The molecule has 20 heavy (non-hydrogen) atoms. The van der Waals surface area contributed by atoms with Crippen molar-refractivity contribution in [1.29, 1.82) is 0 Å². The first kappa shape index (κ1) is 13.8. The number of hydrogen-bond donors (Lipinski definition) is 2. The normalized spacial score (nSPS) is 11.1. The average molecular weight is 266 g/mol. The third-order valence-electron chi connectivity index (χ3n) is 2.88. The van der Waals surface area contributed by atoms with Crippen molar-refractivity contribution in [2.75, 3.05) is 24.7 Å². The van der Waals surface area contributed by atoms with Crippen molar-refractivity contribution in [3.63, 3.8) is 0 Å². The van der Waals surface area contributed by atoms with E-state index < -0.39 is 0 Å². The fraction of sp³-hybridized carbons (Fsp3) is 0.125. The number of anilines is 2. The summed E-state index contributed by atoms with van der Waals surface area (Å²) in [6, 6.07) is 16.0. The molecule has 0 aromatic heterocycles. The molecule has 0 saturated carbocycles. The summed E-state index contributed by atoms with van der Waals surface area (Å²) >= 11 is 0. The number of hydrogen-bond acceptors (Lipinski definition) is 4. The zero-order valence-corrected chi connectivity index (χ0v) is 11.7. The van der Waals surface area contributed by atoms with Crippen LogP contribution in [0.2, 0.25) is 0 Å². The molecule has 0 heterocycles. The number of nitrogens with zero attached hydrogens (tertiary/aromatic N) is 2. The van der Waals surface area contributed by atoms with E-state index in [1.54, 1.807) is 12.4 Å². The molecule has 0 atom stereocenters. The minimum absolute atomic E-state index is 1.02. The molecule has 0 aliphatic rings. The van der Waals surface area contributed by atoms with Crippen molar-refractivity contribution < 1.29 is 0 Å². The van der Waals surface area contributed by atoms with E-state index in [4.69, 9.17) is 0 Å². The van der Waals surface area contributed by atoms with Gasteiger partial charge < -0.3 is 10.6 Å². The van der Waals surface area contributed by atoms with Gasteiger partial charge in [-0.15, -0.1) is 0 Å². The van der Waals surface area contributed by atoms with E-state index >= 15 is 0 Å². The van der Waals surface area contributed by atoms with Crippen molar-refractivity contribution in [3.05, 3.63) is 59.7 Å². The molecule has 0 spiro atoms. The fourth-order valence-electron chi connectivity index (χ4n) is 1.67. The van der Waals surface area contributed by atoms with Crippen LogP contribution in [-0.2, 0) is 0 Å². The molecule has 4 nitrogen and oxygen atoms in total. The van der Waals surface area contributed by atoms with Gasteiger partial charge in [-0.05, 0) is 35.4 Å². The van der Waals surface area contributed by atoms with Crippen molar-refractivity contribution in [3.8, 4) is 0 Å². The molecule has 2 N–H and O–H groups in total. The van der Waals surface area contributed by atoms with E-state index in [1.165, 1.54) is 0 Å². The molecule has 0 aliphatic heterocycles. The van der Waals surface area contributed by atoms with Crippen LogP contribution in [0.1, 0.15) is 11.1 Å². The zero-order chi connectivity index (χ0) is 14.2. The lowest BCUT2D eigenvalue weighted by molar-refractivity contribution is 1.26. The molecule has 0 amide bonds. The molecule has 0 aliphatic carbocycles. The molecular formula is C16H18N4. The lowest BCUT2D eigenvalue weighted by atomic mass is 10.2. The molecule has 0 saturated heterocycles. The number of rotatable bonds is 5. The number of nitrogens with one attached hydrogen (secondary N) is 2. The quantitative estimate of drug-likeness (QED) is 0.645. The van der Waals surface area contributed by atoms with E-state index in [1.807, 2.05) is 62.6 Å². The highest BCUT2D eigenvalue weighted by Gasteiger charge is 1.90. The minimum Gasteiger partial charge on any atom is -0.388 e. The molecule has 0 bridgehead atoms. The largest absolute Gasteiger partial charge is 0.388 e. The van der Waals surface area contributed by atoms with Crippen LogP contribution in [0, 0.1) is 0 Å². The number of benzene rings is 2. The van der Waals surface area contributed by atoms with Crippen molar-refractivity contribution in [1.82, 2.24) is 0 Å². The van der Waals surface area contributed by atoms with Gasteiger partial charge in [0.15, 0.2) is 0 Å². The molecule has 2 aromatic carbocycles. The Morgan fingerprint density at radius 2 is 1.00 bits per heavy atom. The lowest BCUT2D eigenvalue weighted by Crippen LogP contribution is -1.88. The summed E-state index contributed by atoms with van der Waals surface area (Å²) < 4.78 is 0. The minimum atomic E-state index is 1.02. The summed E-state index contributed by atoms with van der Waals surface area (Å²) in [5.74, 6) is 0. The van der Waals surface area contributed by atoms with Gasteiger partial charge in [0, 0.05) is 25.5 Å². The second-order valence-electron chi connectivity index (χ2n) is 4.23. The van der Waals surface area contributed by atoms with Crippen molar-refractivity contribution >= 4 is 23.8 Å². The first-order valence-corrected chi connectivity index (χ1v) is 6.44. The molecular weight excluding hydrogens is 248 g/mol. The van der Waals surface area contributed by atoms with Crippen LogP contribution in [0.25, 0.3) is 0 Å². The Kier molecular flexibility index (Phi) is 4.89. The molecule has 0 fully saturated rings. The third-order valence-corrected chi connectivity index (χ3v) is 2.88. The lowest BCUT2D eigenvalue weighted by Gasteiger charge is -1.98. The first-order chi connectivity index (χ1) is 9.81. The van der Waals surface area contributed by atoms with Crippen LogP contribution in [0.4, 0.5) is 11.4 Å². The van der Waals surface area contributed by atoms with Crippen molar-refractivity contribution in [2.24, 2.45) is 10.2 Å². The average Bonchev–Trinajstić information content (AvgIpc) is 2.53. The summed E-state index contributed by atoms with van der Waals surface area (Å²) in [5.41, 5.74) is 4.20. The standard InChI is InChI=1S/C16H18N4/c1-17-15-7-3-13(4-8-15)11-19-20-12-14-5-9-16(18-2)10-6-14/h3-12,17-18H,1-2H3/b19-11+,20-12+. The van der Waals surface area contributed by atoms with Gasteiger partial charge in [0.1, 0.15) is 0 Å². The van der Waals surface area contributed by atoms with Gasteiger partial charge in [0.25, 0.3) is 0 Å². The fourth-order valence-corrected chi connectivity index (χ4v) is 1.67. The monoisotopic (exact) mass is 266 g/mol. The molecule has 2 rings (SSSR count). The topological polar surface area (TPSA) is 48.8 Å². The van der Waals surface area contributed by atoms with Crippen LogP contribution in [0.15, 0.2) is 58.7 Å². The van der Waals surface area contributed by atoms with E-state index in [9.17, 15) is 0 Å². The van der Waals surface area contributed by atoms with Gasteiger partial charge in [0.2, 0.25) is 0 Å². The second kappa shape index (κ2) is 7.09. The summed E-state index contributed by atoms with van der Waals surface area (Å²) in [6.45, 7) is 0. The molecule has 0 radical (unpaired) electrons. The first-order valence-electron chi connectivity index (χ1n) is 6.44. The maximum absolute atomic E-state index is 4.04. The summed E-state index contributed by atoms with van der Waals surface area (Å²) in [5, 5.41) is 14.2. The maximum Gasteiger partial charge on any atom is 0.0568 e. The van der Waals surface area contributed by atoms with E-state index in [-0.39, 0.29) is 0 Å². The Labute approximate surface area is 119 Å². The van der Waals surface area contributed by atoms with Gasteiger partial charge in [-0.2, -0.15) is 10.2 Å². The third kappa shape index (κ3) is 3.95. The predicted octanol–water partition coefficient (Wildman–Crippen LogP) is 3.22. The Bertz CT molecular complexity index is 527. The van der Waals surface area contributed by atoms with E-state index in [2.05, 4.69) is 20.8 Å². The van der Waals surface area contributed by atoms with Crippen LogP contribution in [0.3, 0.4) is 0 Å². The van der Waals surface area contributed by atoms with Crippen LogP contribution in [0.5, 0.6) is 0 Å². The van der Waals surface area contributed by atoms with Crippen molar-refractivity contribution in [2.45, 2.75) is 0 Å². The van der Waals surface area contributed by atoms with E-state index in [0.717, 1.165) is 22.5 Å². The Balaban J connectivity index is 1.95. The van der Waals surface area contributed by atoms with Gasteiger partial charge in [-0.1, -0.05) is 24.3 Å². The molecule has 0 unspecified atom stereocenters. The van der Waals surface area contributed by atoms with E-state index in [0.29, 0.717) is 0 Å².